The molecule has 96 valence electrons. The van der Waals surface area contributed by atoms with Crippen molar-refractivity contribution in [1.29, 1.82) is 0 Å². The summed E-state index contributed by atoms with van der Waals surface area (Å²) in [6.45, 7) is 3.21. The highest BCUT2D eigenvalue weighted by Gasteiger charge is 2.08. The maximum Gasteiger partial charge on any atom is 0.200 e. The molecule has 2 aromatic rings. The van der Waals surface area contributed by atoms with Crippen LogP contribution in [0.15, 0.2) is 30.5 Å². The minimum absolute atomic E-state index is 0.415. The number of aromatic nitrogens is 2. The SMILES string of the molecule is CCn1c(COc2ccccc2OC)cnc1N. The van der Waals surface area contributed by atoms with Gasteiger partial charge in [-0.25, -0.2) is 4.98 Å². The second-order valence-corrected chi connectivity index (χ2v) is 3.79. The monoisotopic (exact) mass is 247 g/mol. The molecule has 5 nitrogen and oxygen atoms in total. The highest BCUT2D eigenvalue weighted by molar-refractivity contribution is 5.39. The zero-order valence-electron chi connectivity index (χ0n) is 10.6. The average molecular weight is 247 g/mol. The molecule has 0 fully saturated rings. The molecule has 0 saturated carbocycles. The van der Waals surface area contributed by atoms with E-state index in [1.54, 1.807) is 13.3 Å². The maximum atomic E-state index is 5.75. The van der Waals surface area contributed by atoms with E-state index >= 15 is 0 Å². The minimum Gasteiger partial charge on any atom is -0.493 e. The van der Waals surface area contributed by atoms with Crippen molar-refractivity contribution in [2.75, 3.05) is 12.8 Å². The lowest BCUT2D eigenvalue weighted by atomic mass is 10.3. The fourth-order valence-electron chi connectivity index (χ4n) is 1.80. The van der Waals surface area contributed by atoms with Gasteiger partial charge >= 0.3 is 0 Å². The average Bonchev–Trinajstić information content (AvgIpc) is 2.77. The van der Waals surface area contributed by atoms with Gasteiger partial charge in [0.25, 0.3) is 0 Å². The summed E-state index contributed by atoms with van der Waals surface area (Å²) in [5.41, 5.74) is 6.69. The number of rotatable bonds is 5. The summed E-state index contributed by atoms with van der Waals surface area (Å²) >= 11 is 0. The molecule has 0 amide bonds. The summed E-state index contributed by atoms with van der Waals surface area (Å²) in [5, 5.41) is 0. The lowest BCUT2D eigenvalue weighted by Gasteiger charge is -2.11. The first-order chi connectivity index (χ1) is 8.76. The van der Waals surface area contributed by atoms with Crippen molar-refractivity contribution >= 4 is 5.95 Å². The van der Waals surface area contributed by atoms with E-state index in [-0.39, 0.29) is 0 Å². The van der Waals surface area contributed by atoms with Gasteiger partial charge in [0.15, 0.2) is 17.4 Å². The van der Waals surface area contributed by atoms with Crippen LogP contribution in [0.5, 0.6) is 11.5 Å². The summed E-state index contributed by atoms with van der Waals surface area (Å²) in [7, 11) is 1.62. The van der Waals surface area contributed by atoms with Gasteiger partial charge in [-0.3, -0.25) is 0 Å². The third-order valence-corrected chi connectivity index (χ3v) is 2.73. The Morgan fingerprint density at radius 2 is 2.00 bits per heavy atom. The smallest absolute Gasteiger partial charge is 0.200 e. The van der Waals surface area contributed by atoms with E-state index in [1.807, 2.05) is 35.8 Å². The summed E-state index contributed by atoms with van der Waals surface area (Å²) < 4.78 is 12.9. The van der Waals surface area contributed by atoms with Crippen LogP contribution in [0.2, 0.25) is 0 Å². The predicted molar refractivity (Wildman–Crippen MR) is 69.6 cm³/mol. The molecule has 0 saturated heterocycles. The number of anilines is 1. The topological polar surface area (TPSA) is 62.3 Å². The standard InChI is InChI=1S/C13H17N3O2/c1-3-16-10(8-15-13(16)14)9-18-12-7-5-4-6-11(12)17-2/h4-8H,3,9H2,1-2H3,(H2,14,15). The second-order valence-electron chi connectivity index (χ2n) is 3.79. The Hall–Kier alpha value is -2.17. The number of nitrogen functional groups attached to an aromatic ring is 1. The molecule has 1 heterocycles. The molecule has 0 unspecified atom stereocenters. The molecule has 2 N–H and O–H groups in total. The molecule has 0 bridgehead atoms. The normalized spacial score (nSPS) is 10.3. The third-order valence-electron chi connectivity index (χ3n) is 2.73. The number of nitrogens with two attached hydrogens (primary N) is 1. The van der Waals surface area contributed by atoms with Crippen LogP contribution in [0.3, 0.4) is 0 Å². The van der Waals surface area contributed by atoms with Crippen molar-refractivity contribution in [3.05, 3.63) is 36.2 Å². The Morgan fingerprint density at radius 3 is 2.67 bits per heavy atom. The largest absolute Gasteiger partial charge is 0.493 e. The van der Waals surface area contributed by atoms with Gasteiger partial charge in [0.05, 0.1) is 19.0 Å². The van der Waals surface area contributed by atoms with Crippen LogP contribution in [0.4, 0.5) is 5.95 Å². The van der Waals surface area contributed by atoms with E-state index in [0.717, 1.165) is 12.2 Å². The number of ether oxygens (including phenoxy) is 2. The minimum atomic E-state index is 0.415. The van der Waals surface area contributed by atoms with Crippen molar-refractivity contribution in [3.63, 3.8) is 0 Å². The fraction of sp³-hybridized carbons (Fsp3) is 0.308. The van der Waals surface area contributed by atoms with Gasteiger partial charge < -0.3 is 19.8 Å². The molecular weight excluding hydrogens is 230 g/mol. The number of para-hydroxylation sites is 2. The molecular formula is C13H17N3O2. The van der Waals surface area contributed by atoms with Crippen LogP contribution >= 0.6 is 0 Å². The number of benzene rings is 1. The predicted octanol–water partition coefficient (Wildman–Crippen LogP) is 2.07. The van der Waals surface area contributed by atoms with Crippen LogP contribution in [-0.2, 0) is 13.2 Å². The Bertz CT molecular complexity index is 523. The number of hydrogen-bond donors (Lipinski definition) is 1. The van der Waals surface area contributed by atoms with Crippen LogP contribution in [0.25, 0.3) is 0 Å². The molecule has 0 aliphatic carbocycles. The zero-order valence-corrected chi connectivity index (χ0v) is 10.6. The first-order valence-electron chi connectivity index (χ1n) is 5.82. The third kappa shape index (κ3) is 2.40. The highest BCUT2D eigenvalue weighted by atomic mass is 16.5. The molecule has 2 rings (SSSR count). The Labute approximate surface area is 106 Å². The van der Waals surface area contributed by atoms with E-state index < -0.39 is 0 Å². The van der Waals surface area contributed by atoms with E-state index in [1.165, 1.54) is 0 Å². The lowest BCUT2D eigenvalue weighted by Crippen LogP contribution is -2.07. The van der Waals surface area contributed by atoms with Gasteiger partial charge in [0.1, 0.15) is 6.61 Å². The quantitative estimate of drug-likeness (QED) is 0.878. The Kier molecular flexibility index (Phi) is 3.72. The number of imidazole rings is 1. The summed E-state index contributed by atoms with van der Waals surface area (Å²) in [6.07, 6.45) is 1.73. The van der Waals surface area contributed by atoms with E-state index in [4.69, 9.17) is 15.2 Å². The van der Waals surface area contributed by atoms with Gasteiger partial charge in [-0.15, -0.1) is 0 Å². The first-order valence-corrected chi connectivity index (χ1v) is 5.82. The fourth-order valence-corrected chi connectivity index (χ4v) is 1.80. The molecule has 0 radical (unpaired) electrons. The van der Waals surface area contributed by atoms with Crippen LogP contribution in [-0.4, -0.2) is 16.7 Å². The summed E-state index contributed by atoms with van der Waals surface area (Å²) in [5.74, 6) is 1.94. The molecule has 0 spiro atoms. The number of methoxy groups -OCH3 is 1. The van der Waals surface area contributed by atoms with Crippen LogP contribution in [0.1, 0.15) is 12.6 Å². The highest BCUT2D eigenvalue weighted by Crippen LogP contribution is 2.26. The summed E-state index contributed by atoms with van der Waals surface area (Å²) in [4.78, 5) is 4.07. The first kappa shape index (κ1) is 12.3. The van der Waals surface area contributed by atoms with Gasteiger partial charge in [-0.1, -0.05) is 12.1 Å². The van der Waals surface area contributed by atoms with Gasteiger partial charge in [0, 0.05) is 6.54 Å². The molecule has 1 aromatic carbocycles. The molecule has 0 aliphatic rings. The molecule has 5 heteroatoms. The van der Waals surface area contributed by atoms with E-state index in [9.17, 15) is 0 Å². The van der Waals surface area contributed by atoms with E-state index in [2.05, 4.69) is 4.98 Å². The Morgan fingerprint density at radius 1 is 1.28 bits per heavy atom. The molecule has 0 atom stereocenters. The molecule has 0 aliphatic heterocycles. The number of hydrogen-bond acceptors (Lipinski definition) is 4. The molecule has 1 aromatic heterocycles. The summed E-state index contributed by atoms with van der Waals surface area (Å²) in [6, 6.07) is 7.54. The van der Waals surface area contributed by atoms with E-state index in [0.29, 0.717) is 24.1 Å². The maximum absolute atomic E-state index is 5.75. The second kappa shape index (κ2) is 5.44. The van der Waals surface area contributed by atoms with Crippen LogP contribution < -0.4 is 15.2 Å². The van der Waals surface area contributed by atoms with Crippen molar-refractivity contribution in [3.8, 4) is 11.5 Å². The van der Waals surface area contributed by atoms with Crippen molar-refractivity contribution in [2.45, 2.75) is 20.1 Å². The van der Waals surface area contributed by atoms with Gasteiger partial charge in [0.2, 0.25) is 0 Å². The Balaban J connectivity index is 2.11. The van der Waals surface area contributed by atoms with Crippen molar-refractivity contribution in [1.82, 2.24) is 9.55 Å². The number of nitrogens with zero attached hydrogens (tertiary/aromatic N) is 2. The van der Waals surface area contributed by atoms with Gasteiger partial charge in [-0.2, -0.15) is 0 Å². The van der Waals surface area contributed by atoms with Crippen LogP contribution in [0, 0.1) is 0 Å². The van der Waals surface area contributed by atoms with Crippen molar-refractivity contribution < 1.29 is 9.47 Å². The van der Waals surface area contributed by atoms with Crippen molar-refractivity contribution in [2.24, 2.45) is 0 Å². The lowest BCUT2D eigenvalue weighted by molar-refractivity contribution is 0.276. The zero-order chi connectivity index (χ0) is 13.0. The van der Waals surface area contributed by atoms with Gasteiger partial charge in [-0.05, 0) is 19.1 Å². The molecule has 18 heavy (non-hydrogen) atoms.